The van der Waals surface area contributed by atoms with Crippen molar-refractivity contribution in [2.45, 2.75) is 53.2 Å². The minimum Gasteiger partial charge on any atom is -0.483 e. The van der Waals surface area contributed by atoms with Crippen LogP contribution in [0, 0.1) is 13.8 Å². The molecule has 0 heterocycles. The van der Waals surface area contributed by atoms with Gasteiger partial charge in [0.15, 0.2) is 6.61 Å². The maximum absolute atomic E-state index is 13.0. The van der Waals surface area contributed by atoms with E-state index in [0.717, 1.165) is 21.2 Å². The number of ether oxygens (including phenoxy) is 1. The average Bonchev–Trinajstić information content (AvgIpc) is 2.67. The van der Waals surface area contributed by atoms with Crippen LogP contribution in [0.2, 0.25) is 0 Å². The van der Waals surface area contributed by atoms with Crippen molar-refractivity contribution in [2.75, 3.05) is 6.61 Å². The molecule has 2 aromatic rings. The van der Waals surface area contributed by atoms with Gasteiger partial charge < -0.3 is 15.0 Å². The first-order chi connectivity index (χ1) is 13.7. The molecule has 2 amide bonds. The first kappa shape index (κ1) is 22.9. The second-order valence-corrected chi connectivity index (χ2v) is 8.46. The fraction of sp³-hybridized carbons (Fsp3) is 0.391. The first-order valence-electron chi connectivity index (χ1n) is 9.71. The molecule has 5 nitrogen and oxygen atoms in total. The largest absolute Gasteiger partial charge is 0.483 e. The molecule has 0 saturated heterocycles. The lowest BCUT2D eigenvalue weighted by atomic mass is 10.1. The molecule has 0 aromatic heterocycles. The molecule has 1 N–H and O–H groups in total. The molecule has 1 atom stereocenters. The van der Waals surface area contributed by atoms with Crippen molar-refractivity contribution in [3.63, 3.8) is 0 Å². The number of carbonyl (C=O) groups excluding carboxylic acids is 2. The summed E-state index contributed by atoms with van der Waals surface area (Å²) in [4.78, 5) is 27.2. The van der Waals surface area contributed by atoms with Gasteiger partial charge in [0, 0.05) is 17.1 Å². The number of aryl methyl sites for hydroxylation is 2. The van der Waals surface area contributed by atoms with Gasteiger partial charge in [-0.25, -0.2) is 0 Å². The Morgan fingerprint density at radius 3 is 2.34 bits per heavy atom. The molecular weight excluding hydrogens is 432 g/mol. The molecule has 2 aromatic carbocycles. The zero-order valence-electron chi connectivity index (χ0n) is 17.7. The number of carbonyl (C=O) groups is 2. The van der Waals surface area contributed by atoms with E-state index in [0.29, 0.717) is 12.3 Å². The van der Waals surface area contributed by atoms with Crippen LogP contribution in [0.1, 0.15) is 37.5 Å². The van der Waals surface area contributed by atoms with E-state index in [4.69, 9.17) is 4.74 Å². The van der Waals surface area contributed by atoms with E-state index in [1.165, 1.54) is 0 Å². The van der Waals surface area contributed by atoms with Crippen LogP contribution in [0.4, 0.5) is 0 Å². The lowest BCUT2D eigenvalue weighted by molar-refractivity contribution is -0.142. The monoisotopic (exact) mass is 460 g/mol. The zero-order valence-corrected chi connectivity index (χ0v) is 19.2. The molecule has 0 bridgehead atoms. The number of amides is 2. The molecule has 0 fully saturated rings. The summed E-state index contributed by atoms with van der Waals surface area (Å²) in [6.45, 7) is 9.66. The highest BCUT2D eigenvalue weighted by atomic mass is 79.9. The van der Waals surface area contributed by atoms with E-state index in [1.54, 1.807) is 11.8 Å². The van der Waals surface area contributed by atoms with E-state index in [2.05, 4.69) is 21.2 Å². The summed E-state index contributed by atoms with van der Waals surface area (Å²) in [5.74, 6) is 0.263. The Morgan fingerprint density at radius 2 is 1.72 bits per heavy atom. The SMILES string of the molecule is Cc1ccc(C)c(OCC(=O)N(Cc2ccc(Br)cc2)C(C)C(=O)NC(C)C)c1. The lowest BCUT2D eigenvalue weighted by Gasteiger charge is -2.29. The minimum absolute atomic E-state index is 0.000719. The van der Waals surface area contributed by atoms with Gasteiger partial charge in [0.05, 0.1) is 0 Å². The Labute approximate surface area is 181 Å². The minimum atomic E-state index is -0.615. The summed E-state index contributed by atoms with van der Waals surface area (Å²) in [7, 11) is 0. The maximum atomic E-state index is 13.0. The Hall–Kier alpha value is -2.34. The molecule has 0 aliphatic carbocycles. The third kappa shape index (κ3) is 6.89. The Bertz CT molecular complexity index is 850. The fourth-order valence-corrected chi connectivity index (χ4v) is 3.12. The van der Waals surface area contributed by atoms with Crippen LogP contribution in [0.5, 0.6) is 5.75 Å². The van der Waals surface area contributed by atoms with Crippen LogP contribution in [0.3, 0.4) is 0 Å². The van der Waals surface area contributed by atoms with Gasteiger partial charge in [-0.2, -0.15) is 0 Å². The number of hydrogen-bond acceptors (Lipinski definition) is 3. The third-order valence-electron chi connectivity index (χ3n) is 4.56. The molecule has 0 radical (unpaired) electrons. The van der Waals surface area contributed by atoms with Gasteiger partial charge in [-0.15, -0.1) is 0 Å². The predicted molar refractivity (Wildman–Crippen MR) is 119 cm³/mol. The topological polar surface area (TPSA) is 58.6 Å². The molecule has 0 saturated carbocycles. The van der Waals surface area contributed by atoms with E-state index >= 15 is 0 Å². The lowest BCUT2D eigenvalue weighted by Crippen LogP contribution is -2.50. The zero-order chi connectivity index (χ0) is 21.6. The van der Waals surface area contributed by atoms with Crippen LogP contribution < -0.4 is 10.1 Å². The van der Waals surface area contributed by atoms with Crippen molar-refractivity contribution in [3.8, 4) is 5.75 Å². The molecular formula is C23H29BrN2O3. The Kier molecular flexibility index (Phi) is 8.26. The number of benzene rings is 2. The molecule has 29 heavy (non-hydrogen) atoms. The van der Waals surface area contributed by atoms with Crippen LogP contribution in [-0.2, 0) is 16.1 Å². The predicted octanol–water partition coefficient (Wildman–Crippen LogP) is 4.39. The molecule has 156 valence electrons. The number of nitrogens with zero attached hydrogens (tertiary/aromatic N) is 1. The third-order valence-corrected chi connectivity index (χ3v) is 5.09. The van der Waals surface area contributed by atoms with Crippen molar-refractivity contribution >= 4 is 27.7 Å². The van der Waals surface area contributed by atoms with Crippen LogP contribution in [0.15, 0.2) is 46.9 Å². The average molecular weight is 461 g/mol. The van der Waals surface area contributed by atoms with E-state index in [9.17, 15) is 9.59 Å². The summed E-state index contributed by atoms with van der Waals surface area (Å²) in [5.41, 5.74) is 2.97. The number of rotatable bonds is 8. The molecule has 0 aliphatic rings. The van der Waals surface area contributed by atoms with Crippen molar-refractivity contribution in [2.24, 2.45) is 0 Å². The van der Waals surface area contributed by atoms with Crippen molar-refractivity contribution in [1.82, 2.24) is 10.2 Å². The normalized spacial score (nSPS) is 11.8. The van der Waals surface area contributed by atoms with Crippen LogP contribution in [-0.4, -0.2) is 35.4 Å². The molecule has 2 rings (SSSR count). The van der Waals surface area contributed by atoms with Gasteiger partial charge in [0.2, 0.25) is 5.91 Å². The van der Waals surface area contributed by atoms with Gasteiger partial charge >= 0.3 is 0 Å². The second kappa shape index (κ2) is 10.4. The molecule has 0 aliphatic heterocycles. The summed E-state index contributed by atoms with van der Waals surface area (Å²) in [5, 5.41) is 2.88. The smallest absolute Gasteiger partial charge is 0.261 e. The quantitative estimate of drug-likeness (QED) is 0.635. The highest BCUT2D eigenvalue weighted by molar-refractivity contribution is 9.10. The highest BCUT2D eigenvalue weighted by Crippen LogP contribution is 2.20. The first-order valence-corrected chi connectivity index (χ1v) is 10.5. The van der Waals surface area contributed by atoms with Crippen LogP contribution in [0.25, 0.3) is 0 Å². The second-order valence-electron chi connectivity index (χ2n) is 7.54. The highest BCUT2D eigenvalue weighted by Gasteiger charge is 2.27. The molecule has 0 spiro atoms. The van der Waals surface area contributed by atoms with Gasteiger partial charge in [-0.3, -0.25) is 9.59 Å². The summed E-state index contributed by atoms with van der Waals surface area (Å²) < 4.78 is 6.76. The van der Waals surface area contributed by atoms with Crippen LogP contribution >= 0.6 is 15.9 Å². The number of halogens is 1. The Balaban J connectivity index is 2.17. The van der Waals surface area contributed by atoms with Gasteiger partial charge in [0.25, 0.3) is 5.91 Å². The van der Waals surface area contributed by atoms with Gasteiger partial charge in [-0.05, 0) is 69.5 Å². The molecule has 6 heteroatoms. The van der Waals surface area contributed by atoms with E-state index < -0.39 is 6.04 Å². The van der Waals surface area contributed by atoms with Gasteiger partial charge in [0.1, 0.15) is 11.8 Å². The number of hydrogen-bond donors (Lipinski definition) is 1. The van der Waals surface area contributed by atoms with Gasteiger partial charge in [-0.1, -0.05) is 40.2 Å². The van der Waals surface area contributed by atoms with E-state index in [-0.39, 0.29) is 24.5 Å². The fourth-order valence-electron chi connectivity index (χ4n) is 2.86. The van der Waals surface area contributed by atoms with Crippen molar-refractivity contribution < 1.29 is 14.3 Å². The summed E-state index contributed by atoms with van der Waals surface area (Å²) in [6.07, 6.45) is 0. The summed E-state index contributed by atoms with van der Waals surface area (Å²) in [6, 6.07) is 13.0. The van der Waals surface area contributed by atoms with Crippen molar-refractivity contribution in [1.29, 1.82) is 0 Å². The molecule has 1 unspecified atom stereocenters. The standard InChI is InChI=1S/C23H29BrN2O3/c1-15(2)25-23(28)18(5)26(13-19-8-10-20(24)11-9-19)22(27)14-29-21-12-16(3)6-7-17(21)4/h6-12,15,18H,13-14H2,1-5H3,(H,25,28). The van der Waals surface area contributed by atoms with Crippen molar-refractivity contribution in [3.05, 3.63) is 63.6 Å². The number of nitrogens with one attached hydrogen (secondary N) is 1. The maximum Gasteiger partial charge on any atom is 0.261 e. The van der Waals surface area contributed by atoms with E-state index in [1.807, 2.05) is 70.2 Å². The Morgan fingerprint density at radius 1 is 1.07 bits per heavy atom. The summed E-state index contributed by atoms with van der Waals surface area (Å²) >= 11 is 3.42.